The van der Waals surface area contributed by atoms with Gasteiger partial charge in [-0.25, -0.2) is 14.4 Å². The zero-order valence-electron chi connectivity index (χ0n) is 19.9. The van der Waals surface area contributed by atoms with Crippen molar-refractivity contribution in [3.63, 3.8) is 0 Å². The minimum Gasteiger partial charge on any atom is -0.340 e. The summed E-state index contributed by atoms with van der Waals surface area (Å²) in [5.74, 6) is -0.241. The van der Waals surface area contributed by atoms with Crippen LogP contribution < -0.4 is 5.56 Å². The van der Waals surface area contributed by atoms with Gasteiger partial charge in [-0.3, -0.25) is 14.3 Å². The number of imidazole rings is 1. The monoisotopic (exact) mass is 557 g/mol. The maximum Gasteiger partial charge on any atom is 0.433 e. The Kier molecular flexibility index (Phi) is 5.79. The van der Waals surface area contributed by atoms with E-state index in [4.69, 9.17) is 11.6 Å². The highest BCUT2D eigenvalue weighted by atomic mass is 35.5. The summed E-state index contributed by atoms with van der Waals surface area (Å²) in [5.41, 5.74) is -0.651. The van der Waals surface area contributed by atoms with Crippen LogP contribution in [0.25, 0.3) is 28.2 Å². The van der Waals surface area contributed by atoms with E-state index in [1.54, 1.807) is 0 Å². The molecular formula is C24H16ClF4N9O. The van der Waals surface area contributed by atoms with E-state index in [0.717, 1.165) is 12.3 Å². The molecule has 0 radical (unpaired) electrons. The molecule has 1 aliphatic heterocycles. The molecule has 1 aromatic carbocycles. The molecule has 1 aliphatic rings. The van der Waals surface area contributed by atoms with E-state index < -0.39 is 29.3 Å². The molecule has 0 amide bonds. The molecular weight excluding hydrogens is 542 g/mol. The van der Waals surface area contributed by atoms with Gasteiger partial charge in [-0.15, -0.1) is 5.10 Å². The lowest BCUT2D eigenvalue weighted by molar-refractivity contribution is -0.141. The fourth-order valence-electron chi connectivity index (χ4n) is 4.73. The van der Waals surface area contributed by atoms with Crippen LogP contribution in [0.15, 0.2) is 53.8 Å². The molecule has 10 nitrogen and oxygen atoms in total. The summed E-state index contributed by atoms with van der Waals surface area (Å²) in [5, 5.41) is 10.8. The van der Waals surface area contributed by atoms with Gasteiger partial charge < -0.3 is 4.98 Å². The van der Waals surface area contributed by atoms with Crippen molar-refractivity contribution in [2.24, 2.45) is 0 Å². The summed E-state index contributed by atoms with van der Waals surface area (Å²) in [6.07, 6.45) is -0.414. The number of alkyl halides is 3. The fourth-order valence-corrected chi connectivity index (χ4v) is 4.89. The molecule has 0 unspecified atom stereocenters. The molecule has 0 saturated heterocycles. The van der Waals surface area contributed by atoms with Crippen LogP contribution in [0.4, 0.5) is 17.6 Å². The van der Waals surface area contributed by atoms with E-state index in [2.05, 4.69) is 35.5 Å². The highest BCUT2D eigenvalue weighted by Gasteiger charge is 2.35. The number of nitrogens with zero attached hydrogens (tertiary/aromatic N) is 8. The first-order valence-corrected chi connectivity index (χ1v) is 11.9. The zero-order valence-corrected chi connectivity index (χ0v) is 20.6. The Balaban J connectivity index is 1.41. The average Bonchev–Trinajstić information content (AvgIpc) is 3.66. The van der Waals surface area contributed by atoms with E-state index in [0.29, 0.717) is 23.8 Å². The molecule has 4 aromatic heterocycles. The normalized spacial score (nSPS) is 17.0. The second-order valence-electron chi connectivity index (χ2n) is 8.98. The topological polar surface area (TPSA) is 120 Å². The van der Waals surface area contributed by atoms with Gasteiger partial charge in [-0.1, -0.05) is 18.5 Å². The summed E-state index contributed by atoms with van der Waals surface area (Å²) < 4.78 is 57.3. The van der Waals surface area contributed by atoms with E-state index in [9.17, 15) is 18.0 Å². The number of H-pyrrole nitrogens is 1. The summed E-state index contributed by atoms with van der Waals surface area (Å²) in [4.78, 5) is 28.8. The number of halogens is 5. The molecule has 15 heteroatoms. The van der Waals surface area contributed by atoms with Gasteiger partial charge in [0.05, 0.1) is 39.9 Å². The number of benzene rings is 1. The molecule has 0 bridgehead atoms. The Morgan fingerprint density at radius 2 is 1.97 bits per heavy atom. The smallest absolute Gasteiger partial charge is 0.340 e. The lowest BCUT2D eigenvalue weighted by atomic mass is 10.1. The van der Waals surface area contributed by atoms with Crippen LogP contribution >= 0.6 is 11.6 Å². The van der Waals surface area contributed by atoms with Crippen molar-refractivity contribution in [1.29, 1.82) is 0 Å². The van der Waals surface area contributed by atoms with Crippen molar-refractivity contribution in [2.75, 3.05) is 0 Å². The minimum atomic E-state index is -4.60. The van der Waals surface area contributed by atoms with Crippen LogP contribution in [0, 0.1) is 5.82 Å². The first-order valence-electron chi connectivity index (χ1n) is 11.6. The number of tetrazole rings is 1. The molecule has 0 fully saturated rings. The van der Waals surface area contributed by atoms with E-state index >= 15 is 4.39 Å². The van der Waals surface area contributed by atoms with Gasteiger partial charge in [0.15, 0.2) is 5.82 Å². The molecule has 5 aromatic rings. The van der Waals surface area contributed by atoms with Crippen molar-refractivity contribution < 1.29 is 17.6 Å². The molecule has 198 valence electrons. The van der Waals surface area contributed by atoms with Crippen molar-refractivity contribution in [3.05, 3.63) is 87.6 Å². The average molecular weight is 558 g/mol. The lowest BCUT2D eigenvalue weighted by Gasteiger charge is -2.15. The standard InChI is InChI=1S/C24H16ClF4N9O/c1-11-6-17(22-31-9-15(33-22)12-4-5-30-18(7-12)24(27,28)29)38-19(39)8-14(34-23(11)38)20-16(37-10-32-35-36-37)3-2-13(25)21(20)26/h2-5,7-11,17H,6H2,1H3,(H,31,33)/t11-,17+/m1/s1. The Hall–Kier alpha value is -4.46. The van der Waals surface area contributed by atoms with Crippen molar-refractivity contribution >= 4 is 11.6 Å². The SMILES string of the molecule is C[C@@H]1C[C@@H](c2ncc(-c3ccnc(C(F)(F)F)c3)[nH]2)n2c1nc(-c1c(-n3cnnn3)ccc(Cl)c1F)cc2=O. The Morgan fingerprint density at radius 3 is 2.72 bits per heavy atom. The van der Waals surface area contributed by atoms with Gasteiger partial charge in [0.25, 0.3) is 5.56 Å². The Morgan fingerprint density at radius 1 is 1.15 bits per heavy atom. The Bertz CT molecular complexity index is 1760. The van der Waals surface area contributed by atoms with Gasteiger partial charge in [0.1, 0.15) is 23.7 Å². The first kappa shape index (κ1) is 24.9. The molecule has 2 atom stereocenters. The van der Waals surface area contributed by atoms with Crippen LogP contribution in [0.1, 0.15) is 42.6 Å². The van der Waals surface area contributed by atoms with Gasteiger partial charge in [0.2, 0.25) is 0 Å². The number of hydrogen-bond acceptors (Lipinski definition) is 7. The summed E-state index contributed by atoms with van der Waals surface area (Å²) in [7, 11) is 0. The maximum atomic E-state index is 15.3. The van der Waals surface area contributed by atoms with Crippen molar-refractivity contribution in [3.8, 4) is 28.2 Å². The van der Waals surface area contributed by atoms with Crippen LogP contribution in [-0.2, 0) is 6.18 Å². The summed E-state index contributed by atoms with van der Waals surface area (Å²) in [6.45, 7) is 1.86. The van der Waals surface area contributed by atoms with Crippen molar-refractivity contribution in [1.82, 2.24) is 44.7 Å². The minimum absolute atomic E-state index is 0.0376. The third-order valence-corrected chi connectivity index (χ3v) is 6.80. The third-order valence-electron chi connectivity index (χ3n) is 6.51. The molecule has 1 N–H and O–H groups in total. The molecule has 6 rings (SSSR count). The highest BCUT2D eigenvalue weighted by Crippen LogP contribution is 2.39. The predicted octanol–water partition coefficient (Wildman–Crippen LogP) is 4.58. The second-order valence-corrected chi connectivity index (χ2v) is 9.39. The van der Waals surface area contributed by atoms with Crippen LogP contribution in [0.2, 0.25) is 5.02 Å². The third kappa shape index (κ3) is 4.26. The van der Waals surface area contributed by atoms with Gasteiger partial charge in [0, 0.05) is 23.7 Å². The Labute approximate surface area is 221 Å². The highest BCUT2D eigenvalue weighted by molar-refractivity contribution is 6.31. The van der Waals surface area contributed by atoms with Crippen molar-refractivity contribution in [2.45, 2.75) is 31.5 Å². The lowest BCUT2D eigenvalue weighted by Crippen LogP contribution is -2.25. The second kappa shape index (κ2) is 9.08. The first-order chi connectivity index (χ1) is 18.6. The van der Waals surface area contributed by atoms with Gasteiger partial charge >= 0.3 is 6.18 Å². The fraction of sp³-hybridized carbons (Fsp3) is 0.208. The maximum absolute atomic E-state index is 15.3. The number of aromatic amines is 1. The number of hydrogen-bond donors (Lipinski definition) is 1. The van der Waals surface area contributed by atoms with E-state index in [-0.39, 0.29) is 33.4 Å². The number of aromatic nitrogens is 9. The summed E-state index contributed by atoms with van der Waals surface area (Å²) >= 11 is 6.05. The zero-order chi connectivity index (χ0) is 27.5. The predicted molar refractivity (Wildman–Crippen MR) is 130 cm³/mol. The van der Waals surface area contributed by atoms with Gasteiger partial charge in [-0.2, -0.15) is 17.9 Å². The summed E-state index contributed by atoms with van der Waals surface area (Å²) in [6, 6.07) is 5.85. The molecule has 5 heterocycles. The largest absolute Gasteiger partial charge is 0.433 e. The molecule has 39 heavy (non-hydrogen) atoms. The number of nitrogens with one attached hydrogen (secondary N) is 1. The molecule has 0 aliphatic carbocycles. The van der Waals surface area contributed by atoms with E-state index in [1.807, 2.05) is 6.92 Å². The molecule has 0 spiro atoms. The van der Waals surface area contributed by atoms with Crippen LogP contribution in [-0.4, -0.2) is 44.7 Å². The number of rotatable bonds is 4. The molecule has 0 saturated carbocycles. The quantitative estimate of drug-likeness (QED) is 0.321. The van der Waals surface area contributed by atoms with Crippen LogP contribution in [0.3, 0.4) is 0 Å². The van der Waals surface area contributed by atoms with E-state index in [1.165, 1.54) is 46.0 Å². The number of fused-ring (bicyclic) bond motifs is 1. The van der Waals surface area contributed by atoms with Gasteiger partial charge in [-0.05, 0) is 41.1 Å². The number of pyridine rings is 1. The van der Waals surface area contributed by atoms with Crippen LogP contribution in [0.5, 0.6) is 0 Å².